The summed E-state index contributed by atoms with van der Waals surface area (Å²) in [6, 6.07) is 13.9. The first-order chi connectivity index (χ1) is 16.6. The minimum Gasteiger partial charge on any atom is -0.394 e. The van der Waals surface area contributed by atoms with Crippen LogP contribution in [0.25, 0.3) is 16.8 Å². The van der Waals surface area contributed by atoms with Gasteiger partial charge < -0.3 is 26.1 Å². The summed E-state index contributed by atoms with van der Waals surface area (Å²) < 4.78 is 47.5. The smallest absolute Gasteiger partial charge is 0.394 e. The van der Waals surface area contributed by atoms with Gasteiger partial charge in [0.2, 0.25) is 0 Å². The number of aryl methyl sites for hydroxylation is 2. The summed E-state index contributed by atoms with van der Waals surface area (Å²) in [5, 5.41) is 23.7. The minimum atomic E-state index is -4.74. The number of hydrogen-bond acceptors (Lipinski definition) is 6. The van der Waals surface area contributed by atoms with E-state index in [1.54, 1.807) is 25.1 Å². The molecule has 35 heavy (non-hydrogen) atoms. The Kier molecular flexibility index (Phi) is 6.82. The third-order valence-electron chi connectivity index (χ3n) is 6.19. The fourth-order valence-corrected chi connectivity index (χ4v) is 4.18. The molecule has 0 amide bonds. The highest BCUT2D eigenvalue weighted by molar-refractivity contribution is 6.10. The van der Waals surface area contributed by atoms with Crippen molar-refractivity contribution in [3.05, 3.63) is 76.7 Å². The molecule has 0 radical (unpaired) electrons. The Morgan fingerprint density at radius 3 is 2.60 bits per heavy atom. The van der Waals surface area contributed by atoms with Crippen LogP contribution in [0.15, 0.2) is 58.8 Å². The fraction of sp³-hybridized carbons (Fsp3) is 0.308. The summed E-state index contributed by atoms with van der Waals surface area (Å²) in [5.41, 5.74) is 8.08. The summed E-state index contributed by atoms with van der Waals surface area (Å²) in [6.45, 7) is 1.69. The number of anilines is 1. The van der Waals surface area contributed by atoms with E-state index in [0.29, 0.717) is 43.2 Å². The van der Waals surface area contributed by atoms with E-state index in [-0.39, 0.29) is 18.1 Å². The Balaban J connectivity index is 1.70. The second-order valence-electron chi connectivity index (χ2n) is 9.06. The van der Waals surface area contributed by atoms with Crippen molar-refractivity contribution in [1.29, 1.82) is 5.41 Å². The van der Waals surface area contributed by atoms with Crippen LogP contribution in [0.3, 0.4) is 0 Å². The van der Waals surface area contributed by atoms with Crippen LogP contribution in [0, 0.1) is 5.41 Å². The molecule has 5 N–H and O–H groups in total. The van der Waals surface area contributed by atoms with Crippen LogP contribution in [0.2, 0.25) is 0 Å². The molecule has 1 aliphatic rings. The van der Waals surface area contributed by atoms with E-state index in [1.807, 2.05) is 18.2 Å². The maximum Gasteiger partial charge on any atom is 0.432 e. The van der Waals surface area contributed by atoms with Crippen LogP contribution < -0.4 is 11.1 Å². The molecule has 1 atom stereocenters. The van der Waals surface area contributed by atoms with Gasteiger partial charge in [-0.3, -0.25) is 0 Å². The van der Waals surface area contributed by atoms with Crippen molar-refractivity contribution >= 4 is 17.5 Å². The van der Waals surface area contributed by atoms with E-state index in [0.717, 1.165) is 16.7 Å². The number of para-hydroxylation sites is 1. The number of alkyl halides is 3. The van der Waals surface area contributed by atoms with Gasteiger partial charge in [-0.15, -0.1) is 0 Å². The molecule has 184 valence electrons. The van der Waals surface area contributed by atoms with Gasteiger partial charge in [-0.05, 0) is 55.9 Å². The molecule has 3 aromatic rings. The number of aliphatic hydroxyl groups is 1. The lowest BCUT2D eigenvalue weighted by Gasteiger charge is -2.22. The topological polar surface area (TPSA) is 108 Å². The number of aliphatic hydroxyl groups excluding tert-OH is 1. The van der Waals surface area contributed by atoms with Gasteiger partial charge in [-0.25, -0.2) is 0 Å². The Labute approximate surface area is 201 Å². The van der Waals surface area contributed by atoms with Crippen molar-refractivity contribution < 1.29 is 22.8 Å². The predicted octanol–water partition coefficient (Wildman–Crippen LogP) is 5.12. The molecular weight excluding hydrogens is 457 g/mol. The van der Waals surface area contributed by atoms with Crippen LogP contribution in [0.4, 0.5) is 18.9 Å². The number of nitrogens with one attached hydrogen (secondary N) is 2. The normalized spacial score (nSPS) is 15.5. The Hall–Kier alpha value is -3.43. The molecule has 1 aliphatic carbocycles. The molecule has 0 spiro atoms. The monoisotopic (exact) mass is 484 g/mol. The SMILES string of the molecule is CC(N)(CO)CCc1ccc2c(c1)CCc1c-2noc1/C(C=N)=C(/Nc1ccccc1)C(F)(F)F. The Morgan fingerprint density at radius 1 is 1.20 bits per heavy atom. The van der Waals surface area contributed by atoms with E-state index in [1.165, 1.54) is 12.1 Å². The van der Waals surface area contributed by atoms with Crippen LogP contribution in [-0.2, 0) is 19.3 Å². The first-order valence-corrected chi connectivity index (χ1v) is 11.3. The van der Waals surface area contributed by atoms with Gasteiger partial charge in [-0.2, -0.15) is 13.2 Å². The first kappa shape index (κ1) is 24.7. The number of halogens is 3. The van der Waals surface area contributed by atoms with Crippen LogP contribution in [0.1, 0.15) is 35.8 Å². The van der Waals surface area contributed by atoms with Gasteiger partial charge in [0, 0.05) is 28.6 Å². The first-order valence-electron chi connectivity index (χ1n) is 11.3. The molecule has 0 fully saturated rings. The van der Waals surface area contributed by atoms with E-state index in [9.17, 15) is 18.3 Å². The van der Waals surface area contributed by atoms with Crippen molar-refractivity contribution in [2.45, 2.75) is 44.3 Å². The van der Waals surface area contributed by atoms with E-state index < -0.39 is 23.0 Å². The molecule has 4 rings (SSSR count). The fourth-order valence-electron chi connectivity index (χ4n) is 4.18. The van der Waals surface area contributed by atoms with Crippen molar-refractivity contribution in [1.82, 2.24) is 5.16 Å². The average Bonchev–Trinajstić information content (AvgIpc) is 3.27. The molecule has 2 aromatic carbocycles. The molecular formula is C26H27F3N4O2. The Bertz CT molecular complexity index is 1250. The molecule has 0 saturated heterocycles. The van der Waals surface area contributed by atoms with Gasteiger partial charge in [-0.1, -0.05) is 41.6 Å². The van der Waals surface area contributed by atoms with E-state index in [2.05, 4.69) is 10.5 Å². The largest absolute Gasteiger partial charge is 0.432 e. The lowest BCUT2D eigenvalue weighted by Crippen LogP contribution is -2.40. The quantitative estimate of drug-likeness (QED) is 0.332. The lowest BCUT2D eigenvalue weighted by molar-refractivity contribution is -0.0896. The van der Waals surface area contributed by atoms with Gasteiger partial charge in [0.1, 0.15) is 11.4 Å². The second kappa shape index (κ2) is 9.67. The van der Waals surface area contributed by atoms with Crippen molar-refractivity contribution in [2.24, 2.45) is 5.73 Å². The average molecular weight is 485 g/mol. The number of benzene rings is 2. The van der Waals surface area contributed by atoms with Crippen molar-refractivity contribution in [3.8, 4) is 11.3 Å². The number of rotatable bonds is 8. The summed E-state index contributed by atoms with van der Waals surface area (Å²) in [5.74, 6) is -0.0534. The zero-order valence-corrected chi connectivity index (χ0v) is 19.2. The highest BCUT2D eigenvalue weighted by atomic mass is 19.4. The van der Waals surface area contributed by atoms with Gasteiger partial charge in [0.15, 0.2) is 5.76 Å². The number of hydrogen-bond donors (Lipinski definition) is 4. The maximum atomic E-state index is 14.0. The minimum absolute atomic E-state index is 0.0534. The molecule has 0 saturated carbocycles. The highest BCUT2D eigenvalue weighted by Crippen LogP contribution is 2.40. The zero-order chi connectivity index (χ0) is 25.2. The van der Waals surface area contributed by atoms with Crippen LogP contribution in [-0.4, -0.2) is 34.8 Å². The highest BCUT2D eigenvalue weighted by Gasteiger charge is 2.39. The number of nitrogens with two attached hydrogens (primary N) is 1. The van der Waals surface area contributed by atoms with Crippen molar-refractivity contribution in [3.63, 3.8) is 0 Å². The summed E-state index contributed by atoms with van der Waals surface area (Å²) >= 11 is 0. The van der Waals surface area contributed by atoms with Crippen molar-refractivity contribution in [2.75, 3.05) is 11.9 Å². The molecule has 6 nitrogen and oxygen atoms in total. The zero-order valence-electron chi connectivity index (χ0n) is 19.2. The van der Waals surface area contributed by atoms with Gasteiger partial charge in [0.05, 0.1) is 12.2 Å². The summed E-state index contributed by atoms with van der Waals surface area (Å²) in [6.07, 6.45) is -1.74. The van der Waals surface area contributed by atoms with E-state index >= 15 is 0 Å². The number of nitrogens with zero attached hydrogens (tertiary/aromatic N) is 1. The predicted molar refractivity (Wildman–Crippen MR) is 129 cm³/mol. The summed E-state index contributed by atoms with van der Waals surface area (Å²) in [7, 11) is 0. The number of aromatic nitrogens is 1. The molecule has 1 heterocycles. The van der Waals surface area contributed by atoms with Crippen LogP contribution >= 0.6 is 0 Å². The molecule has 0 bridgehead atoms. The van der Waals surface area contributed by atoms with Gasteiger partial charge >= 0.3 is 6.18 Å². The lowest BCUT2D eigenvalue weighted by atomic mass is 9.85. The molecule has 9 heteroatoms. The molecule has 1 aromatic heterocycles. The number of allylic oxidation sites excluding steroid dienone is 2. The Morgan fingerprint density at radius 2 is 1.94 bits per heavy atom. The van der Waals surface area contributed by atoms with E-state index in [4.69, 9.17) is 15.7 Å². The summed E-state index contributed by atoms with van der Waals surface area (Å²) in [4.78, 5) is 0. The number of fused-ring (bicyclic) bond motifs is 3. The molecule has 1 unspecified atom stereocenters. The van der Waals surface area contributed by atoms with Gasteiger partial charge in [0.25, 0.3) is 0 Å². The molecule has 0 aliphatic heterocycles. The third-order valence-corrected chi connectivity index (χ3v) is 6.19. The second-order valence-corrected chi connectivity index (χ2v) is 9.06. The standard InChI is InChI=1S/C26H27F3N4O2/c1-25(31,15-34)12-11-16-7-9-19-17(13-16)8-10-20-22(19)33-35-23(20)21(14-30)24(26(27,28)29)32-18-5-3-2-4-6-18/h2-7,9,13-14,30,32,34H,8,10-12,15,31H2,1H3/b24-21+,30-14?. The maximum absolute atomic E-state index is 14.0. The van der Waals surface area contributed by atoms with Crippen LogP contribution in [0.5, 0.6) is 0 Å². The third kappa shape index (κ3) is 5.31.